The van der Waals surface area contributed by atoms with Crippen molar-refractivity contribution in [3.63, 3.8) is 0 Å². The van der Waals surface area contributed by atoms with Gasteiger partial charge in [0.25, 0.3) is 5.91 Å². The highest BCUT2D eigenvalue weighted by molar-refractivity contribution is 6.03. The quantitative estimate of drug-likeness (QED) is 0.138. The average molecular weight is 750 g/mol. The molecule has 12 nitrogen and oxygen atoms in total. The third kappa shape index (κ3) is 9.94. The molecular formula is C39H46F3N7O5. The fourth-order valence-electron chi connectivity index (χ4n) is 6.60. The number of carbonyl (C=O) groups excluding carboxylic acids is 4. The number of benzene rings is 2. The van der Waals surface area contributed by atoms with Gasteiger partial charge in [0.05, 0.1) is 11.7 Å². The van der Waals surface area contributed by atoms with E-state index in [9.17, 15) is 32.3 Å². The van der Waals surface area contributed by atoms with Crippen molar-refractivity contribution in [3.05, 3.63) is 77.7 Å². The van der Waals surface area contributed by atoms with Crippen LogP contribution in [0.4, 0.5) is 23.7 Å². The molecule has 1 saturated carbocycles. The maximum atomic E-state index is 14.4. The largest absolute Gasteiger partial charge is 0.444 e. The van der Waals surface area contributed by atoms with Crippen LogP contribution in [0.3, 0.4) is 0 Å². The zero-order chi connectivity index (χ0) is 39.4. The van der Waals surface area contributed by atoms with E-state index in [0.29, 0.717) is 54.7 Å². The number of alkyl carbamates (subject to hydrolysis) is 1. The number of fused-ring (bicyclic) bond motifs is 1. The van der Waals surface area contributed by atoms with Crippen LogP contribution in [0.2, 0.25) is 0 Å². The van der Waals surface area contributed by atoms with Crippen molar-refractivity contribution in [2.75, 3.05) is 11.4 Å². The Morgan fingerprint density at radius 1 is 1.00 bits per heavy atom. The van der Waals surface area contributed by atoms with Crippen LogP contribution in [0.25, 0.3) is 22.0 Å². The van der Waals surface area contributed by atoms with Gasteiger partial charge in [0, 0.05) is 41.2 Å². The van der Waals surface area contributed by atoms with Gasteiger partial charge >= 0.3 is 12.3 Å². The van der Waals surface area contributed by atoms with Crippen molar-refractivity contribution < 1.29 is 37.1 Å². The summed E-state index contributed by atoms with van der Waals surface area (Å²) in [6, 6.07) is 12.5. The normalized spacial score (nSPS) is 17.3. The Balaban J connectivity index is 1.32. The molecule has 1 aliphatic carbocycles. The lowest BCUT2D eigenvalue weighted by atomic mass is 9.81. The molecule has 2 aromatic carbocycles. The van der Waals surface area contributed by atoms with E-state index in [4.69, 9.17) is 10.5 Å². The Morgan fingerprint density at radius 3 is 2.30 bits per heavy atom. The molecule has 4 aromatic rings. The Hall–Kier alpha value is -5.47. The number of aromatic nitrogens is 3. The third-order valence-electron chi connectivity index (χ3n) is 9.56. The number of nitrogens with zero attached hydrogens (tertiary/aromatic N) is 3. The molecule has 4 amide bonds. The maximum absolute atomic E-state index is 14.4. The predicted octanol–water partition coefficient (Wildman–Crippen LogP) is 6.37. The Labute approximate surface area is 311 Å². The minimum absolute atomic E-state index is 0.116. The fraction of sp³-hybridized carbons (Fsp3) is 0.436. The number of nitrogens with one attached hydrogen (secondary N) is 3. The molecule has 0 bridgehead atoms. The number of H-pyrrole nitrogens is 1. The average Bonchev–Trinajstić information content (AvgIpc) is 3.58. The minimum atomic E-state index is -4.58. The van der Waals surface area contributed by atoms with E-state index in [1.807, 2.05) is 11.4 Å². The highest BCUT2D eigenvalue weighted by Crippen LogP contribution is 2.34. The van der Waals surface area contributed by atoms with Gasteiger partial charge in [-0.1, -0.05) is 30.3 Å². The first-order valence-electron chi connectivity index (χ1n) is 17.9. The second-order valence-corrected chi connectivity index (χ2v) is 14.8. The number of nitrogens with two attached hydrogens (primary N) is 1. The van der Waals surface area contributed by atoms with Gasteiger partial charge < -0.3 is 21.1 Å². The number of anilines is 1. The van der Waals surface area contributed by atoms with E-state index in [2.05, 4.69) is 20.5 Å². The molecule has 2 heterocycles. The standard InChI is InChI=1S/C39H46F3N7O5/c1-22-30(16-17-31(46-22)35(51)47-23(2)39(40,41)42)26-10-6-24(7-11-26)18-33(34(43)50)49(29-15-14-28-21-45-48-32(28)19-29)36(52)27-12-8-25(9-13-27)20-44-37(53)54-38(3,4)5/h6-7,10-11,14-17,19,21,23,25,27,33H,8-9,12-13,18,20H2,1-5H3,(H2,43,50)(H,44,53)(H,45,48)(H,47,51)/t23?,25?,27?,33-/m0/s1. The molecular weight excluding hydrogens is 703 g/mol. The summed E-state index contributed by atoms with van der Waals surface area (Å²) in [4.78, 5) is 57.9. The van der Waals surface area contributed by atoms with Gasteiger partial charge in [0.15, 0.2) is 0 Å². The summed E-state index contributed by atoms with van der Waals surface area (Å²) in [5, 5.41) is 12.6. The van der Waals surface area contributed by atoms with Crippen LogP contribution in [-0.2, 0) is 20.7 Å². The van der Waals surface area contributed by atoms with E-state index in [1.54, 1.807) is 76.4 Å². The minimum Gasteiger partial charge on any atom is -0.444 e. The van der Waals surface area contributed by atoms with Gasteiger partial charge in [-0.2, -0.15) is 18.3 Å². The van der Waals surface area contributed by atoms with Gasteiger partial charge in [-0.15, -0.1) is 0 Å². The number of primary amides is 1. The van der Waals surface area contributed by atoms with Crippen molar-refractivity contribution in [1.82, 2.24) is 25.8 Å². The van der Waals surface area contributed by atoms with Gasteiger partial charge in [-0.25, -0.2) is 9.78 Å². The molecule has 2 aromatic heterocycles. The molecule has 1 fully saturated rings. The van der Waals surface area contributed by atoms with Gasteiger partial charge in [0.1, 0.15) is 23.4 Å². The summed E-state index contributed by atoms with van der Waals surface area (Å²) in [6.45, 7) is 8.35. The molecule has 5 rings (SSSR count). The predicted molar refractivity (Wildman–Crippen MR) is 197 cm³/mol. The van der Waals surface area contributed by atoms with Crippen LogP contribution >= 0.6 is 0 Å². The van der Waals surface area contributed by atoms with E-state index in [-0.39, 0.29) is 29.9 Å². The number of pyridine rings is 1. The fourth-order valence-corrected chi connectivity index (χ4v) is 6.60. The van der Waals surface area contributed by atoms with Crippen LogP contribution in [0.5, 0.6) is 0 Å². The van der Waals surface area contributed by atoms with Gasteiger partial charge in [-0.05, 0) is 102 Å². The highest BCUT2D eigenvalue weighted by atomic mass is 19.4. The number of hydrogen-bond donors (Lipinski definition) is 4. The van der Waals surface area contributed by atoms with Crippen LogP contribution in [0.15, 0.2) is 60.8 Å². The second kappa shape index (κ2) is 16.3. The topological polar surface area (TPSA) is 172 Å². The third-order valence-corrected chi connectivity index (χ3v) is 9.56. The van der Waals surface area contributed by atoms with Crippen molar-refractivity contribution >= 4 is 40.4 Å². The lowest BCUT2D eigenvalue weighted by Gasteiger charge is -2.36. The van der Waals surface area contributed by atoms with Crippen molar-refractivity contribution in [1.29, 1.82) is 0 Å². The molecule has 2 atom stereocenters. The van der Waals surface area contributed by atoms with Crippen molar-refractivity contribution in [3.8, 4) is 11.1 Å². The molecule has 0 saturated heterocycles. The maximum Gasteiger partial charge on any atom is 0.408 e. The number of amides is 4. The van der Waals surface area contributed by atoms with E-state index >= 15 is 0 Å². The first-order chi connectivity index (χ1) is 25.4. The van der Waals surface area contributed by atoms with Crippen LogP contribution < -0.4 is 21.3 Å². The van der Waals surface area contributed by atoms with Gasteiger partial charge in [0.2, 0.25) is 11.8 Å². The monoisotopic (exact) mass is 749 g/mol. The summed E-state index contributed by atoms with van der Waals surface area (Å²) < 4.78 is 44.2. The number of hydrogen-bond acceptors (Lipinski definition) is 7. The molecule has 0 spiro atoms. The molecule has 5 N–H and O–H groups in total. The van der Waals surface area contributed by atoms with Crippen LogP contribution in [0, 0.1) is 18.8 Å². The van der Waals surface area contributed by atoms with E-state index < -0.39 is 41.8 Å². The zero-order valence-corrected chi connectivity index (χ0v) is 30.9. The Morgan fingerprint density at radius 2 is 1.69 bits per heavy atom. The number of alkyl halides is 3. The summed E-state index contributed by atoms with van der Waals surface area (Å²) in [5.74, 6) is -2.03. The molecule has 15 heteroatoms. The smallest absolute Gasteiger partial charge is 0.408 e. The van der Waals surface area contributed by atoms with Crippen LogP contribution in [-0.4, -0.2) is 69.4 Å². The number of aromatic amines is 1. The van der Waals surface area contributed by atoms with Gasteiger partial charge in [-0.3, -0.25) is 24.4 Å². The number of rotatable bonds is 11. The SMILES string of the molecule is Cc1nc(C(=O)NC(C)C(F)(F)F)ccc1-c1ccc(C[C@@H](C(N)=O)N(C(=O)C2CCC(CNC(=O)OC(C)(C)C)CC2)c2ccc3cn[nH]c3c2)cc1. The number of aryl methyl sites for hydroxylation is 1. The van der Waals surface area contributed by atoms with E-state index in [0.717, 1.165) is 23.4 Å². The Bertz CT molecular complexity index is 1980. The lowest BCUT2D eigenvalue weighted by molar-refractivity contribution is -0.149. The van der Waals surface area contributed by atoms with E-state index in [1.165, 1.54) is 11.0 Å². The summed E-state index contributed by atoms with van der Waals surface area (Å²) >= 11 is 0. The van der Waals surface area contributed by atoms with Crippen molar-refractivity contribution in [2.24, 2.45) is 17.6 Å². The summed E-state index contributed by atoms with van der Waals surface area (Å²) in [7, 11) is 0. The molecule has 0 aliphatic heterocycles. The molecule has 1 aliphatic rings. The number of carbonyl (C=O) groups is 4. The number of halogens is 3. The first-order valence-corrected chi connectivity index (χ1v) is 17.9. The zero-order valence-electron chi connectivity index (χ0n) is 30.9. The first kappa shape index (κ1) is 39.7. The number of ether oxygens (including phenoxy) is 1. The highest BCUT2D eigenvalue weighted by Gasteiger charge is 2.38. The molecule has 288 valence electrons. The molecule has 54 heavy (non-hydrogen) atoms. The summed E-state index contributed by atoms with van der Waals surface area (Å²) in [5.41, 5.74) is 9.04. The molecule has 0 radical (unpaired) electrons. The lowest BCUT2D eigenvalue weighted by Crippen LogP contribution is -2.52. The van der Waals surface area contributed by atoms with Crippen LogP contribution in [0.1, 0.15) is 75.1 Å². The Kier molecular flexibility index (Phi) is 12.0. The molecule has 1 unspecified atom stereocenters. The second-order valence-electron chi connectivity index (χ2n) is 14.8. The van der Waals surface area contributed by atoms with Crippen molar-refractivity contribution in [2.45, 2.75) is 90.6 Å². The summed E-state index contributed by atoms with van der Waals surface area (Å²) in [6.07, 6.45) is -0.741.